The second-order valence-electron chi connectivity index (χ2n) is 3.89. The van der Waals surface area contributed by atoms with Gasteiger partial charge < -0.3 is 4.42 Å². The summed E-state index contributed by atoms with van der Waals surface area (Å²) in [7, 11) is 0. The fraction of sp³-hybridized carbons (Fsp3) is 0.0714. The van der Waals surface area contributed by atoms with Crippen molar-refractivity contribution in [2.24, 2.45) is 5.10 Å². The molecule has 0 radical (unpaired) electrons. The Balaban J connectivity index is 2.22. The minimum absolute atomic E-state index is 0.309. The van der Waals surface area contributed by atoms with E-state index in [1.807, 2.05) is 0 Å². The number of rotatable bonds is 4. The van der Waals surface area contributed by atoms with Gasteiger partial charge in [0.15, 0.2) is 0 Å². The molecular weight excluding hydrogens is 294 g/mol. The summed E-state index contributed by atoms with van der Waals surface area (Å²) < 4.78 is 5.11. The molecule has 0 aliphatic carbocycles. The van der Waals surface area contributed by atoms with Crippen LogP contribution in [0, 0.1) is 0 Å². The van der Waals surface area contributed by atoms with Crippen molar-refractivity contribution in [3.05, 3.63) is 54.5 Å². The number of para-hydroxylation sites is 1. The number of carbonyl (C=O) groups is 2. The van der Waals surface area contributed by atoms with Gasteiger partial charge >= 0.3 is 6.03 Å². The molecule has 0 unspecified atom stereocenters. The van der Waals surface area contributed by atoms with Crippen molar-refractivity contribution in [3.63, 3.8) is 0 Å². The molecule has 0 fully saturated rings. The monoisotopic (exact) mass is 305 g/mol. The molecular formula is C14H12ClN3O3. The Kier molecular flexibility index (Phi) is 5.11. The lowest BCUT2D eigenvalue weighted by atomic mass is 10.3. The number of furan rings is 1. The summed E-state index contributed by atoms with van der Waals surface area (Å²) in [6, 6.07) is 11.4. The molecule has 1 aromatic carbocycles. The van der Waals surface area contributed by atoms with E-state index in [9.17, 15) is 9.59 Å². The Morgan fingerprint density at radius 1 is 1.24 bits per heavy atom. The first-order chi connectivity index (χ1) is 10.2. The minimum atomic E-state index is -0.699. The predicted octanol–water partition coefficient (Wildman–Crippen LogP) is 2.60. The van der Waals surface area contributed by atoms with Gasteiger partial charge in [0.25, 0.3) is 0 Å². The van der Waals surface area contributed by atoms with Gasteiger partial charge in [0.1, 0.15) is 11.6 Å². The Morgan fingerprint density at radius 2 is 2.00 bits per heavy atom. The molecule has 3 amide bonds. The number of carbonyl (C=O) groups excluding carboxylic acids is 2. The molecule has 1 heterocycles. The first-order valence-electron chi connectivity index (χ1n) is 6.03. The van der Waals surface area contributed by atoms with Crippen LogP contribution >= 0.6 is 11.6 Å². The van der Waals surface area contributed by atoms with Crippen molar-refractivity contribution in [1.82, 2.24) is 5.32 Å². The first-order valence-corrected chi connectivity index (χ1v) is 6.56. The van der Waals surface area contributed by atoms with Crippen LogP contribution in [0.1, 0.15) is 5.76 Å². The molecule has 2 rings (SSSR count). The van der Waals surface area contributed by atoms with E-state index in [0.29, 0.717) is 11.4 Å². The lowest BCUT2D eigenvalue weighted by Crippen LogP contribution is -2.41. The van der Waals surface area contributed by atoms with Crippen LogP contribution in [-0.2, 0) is 4.79 Å². The molecule has 0 aliphatic heterocycles. The molecule has 0 saturated heterocycles. The fourth-order valence-electron chi connectivity index (χ4n) is 1.49. The van der Waals surface area contributed by atoms with Crippen LogP contribution in [0.2, 0.25) is 0 Å². The average molecular weight is 306 g/mol. The van der Waals surface area contributed by atoms with Crippen molar-refractivity contribution in [2.75, 3.05) is 10.9 Å². The number of anilines is 1. The van der Waals surface area contributed by atoms with Gasteiger partial charge in [0.2, 0.25) is 5.91 Å². The zero-order valence-electron chi connectivity index (χ0n) is 10.9. The highest BCUT2D eigenvalue weighted by Gasteiger charge is 2.16. The van der Waals surface area contributed by atoms with E-state index in [1.54, 1.807) is 42.5 Å². The molecule has 21 heavy (non-hydrogen) atoms. The number of benzene rings is 1. The predicted molar refractivity (Wildman–Crippen MR) is 79.5 cm³/mol. The molecule has 2 aromatic rings. The number of halogens is 1. The van der Waals surface area contributed by atoms with Gasteiger partial charge in [-0.3, -0.25) is 10.1 Å². The highest BCUT2D eigenvalue weighted by molar-refractivity contribution is 6.28. The van der Waals surface area contributed by atoms with Crippen molar-refractivity contribution in [3.8, 4) is 0 Å². The van der Waals surface area contributed by atoms with E-state index < -0.39 is 11.9 Å². The van der Waals surface area contributed by atoms with E-state index in [2.05, 4.69) is 10.4 Å². The van der Waals surface area contributed by atoms with Gasteiger partial charge in [-0.1, -0.05) is 18.2 Å². The number of hydrogen-bond acceptors (Lipinski definition) is 4. The molecule has 1 N–H and O–H groups in total. The van der Waals surface area contributed by atoms with Gasteiger partial charge in [-0.2, -0.15) is 10.1 Å². The Bertz CT molecular complexity index is 626. The highest BCUT2D eigenvalue weighted by Crippen LogP contribution is 2.14. The maximum atomic E-state index is 12.1. The summed E-state index contributed by atoms with van der Waals surface area (Å²) in [6.45, 7) is 0. The van der Waals surface area contributed by atoms with Crippen molar-refractivity contribution in [2.45, 2.75) is 0 Å². The van der Waals surface area contributed by atoms with E-state index in [-0.39, 0.29) is 5.88 Å². The molecule has 7 heteroatoms. The smallest absolute Gasteiger partial charge is 0.349 e. The van der Waals surface area contributed by atoms with Crippen LogP contribution in [-0.4, -0.2) is 24.0 Å². The van der Waals surface area contributed by atoms with Gasteiger partial charge in [-0.15, -0.1) is 11.6 Å². The standard InChI is InChI=1S/C14H12ClN3O3/c15-9-13(19)17-14(20)18(11-5-2-1-3-6-11)16-10-12-7-4-8-21-12/h1-8,10H,9H2,(H,17,19,20)/b16-10-. The van der Waals surface area contributed by atoms with Gasteiger partial charge in [0.05, 0.1) is 18.2 Å². The van der Waals surface area contributed by atoms with Crippen LogP contribution in [0.5, 0.6) is 0 Å². The quantitative estimate of drug-likeness (QED) is 0.536. The summed E-state index contributed by atoms with van der Waals surface area (Å²) >= 11 is 5.37. The molecule has 0 atom stereocenters. The largest absolute Gasteiger partial charge is 0.463 e. The van der Waals surface area contributed by atoms with E-state index in [0.717, 1.165) is 5.01 Å². The summed E-state index contributed by atoms with van der Waals surface area (Å²) in [5.74, 6) is -0.431. The summed E-state index contributed by atoms with van der Waals surface area (Å²) in [4.78, 5) is 23.3. The topological polar surface area (TPSA) is 74.9 Å². The summed E-state index contributed by atoms with van der Waals surface area (Å²) in [5, 5.41) is 7.21. The van der Waals surface area contributed by atoms with E-state index >= 15 is 0 Å². The Labute approximate surface area is 126 Å². The van der Waals surface area contributed by atoms with Crippen LogP contribution in [0.3, 0.4) is 0 Å². The van der Waals surface area contributed by atoms with Crippen molar-refractivity contribution in [1.29, 1.82) is 0 Å². The number of alkyl halides is 1. The number of hydrogen-bond donors (Lipinski definition) is 1. The molecule has 0 spiro atoms. The fourth-order valence-corrected chi connectivity index (χ4v) is 1.56. The van der Waals surface area contributed by atoms with Crippen LogP contribution in [0.25, 0.3) is 0 Å². The maximum Gasteiger partial charge on any atom is 0.349 e. The third-order valence-electron chi connectivity index (χ3n) is 2.40. The summed E-state index contributed by atoms with van der Waals surface area (Å²) in [6.07, 6.45) is 2.86. The molecule has 0 saturated carbocycles. The second-order valence-corrected chi connectivity index (χ2v) is 4.16. The van der Waals surface area contributed by atoms with Gasteiger partial charge in [-0.25, -0.2) is 4.79 Å². The van der Waals surface area contributed by atoms with E-state index in [1.165, 1.54) is 12.5 Å². The number of nitrogens with zero attached hydrogens (tertiary/aromatic N) is 2. The zero-order valence-corrected chi connectivity index (χ0v) is 11.7. The minimum Gasteiger partial charge on any atom is -0.463 e. The lowest BCUT2D eigenvalue weighted by molar-refractivity contribution is -0.117. The number of urea groups is 1. The lowest BCUT2D eigenvalue weighted by Gasteiger charge is -2.16. The second kappa shape index (κ2) is 7.25. The van der Waals surface area contributed by atoms with Crippen molar-refractivity contribution >= 4 is 35.4 Å². The number of imide groups is 1. The molecule has 0 bridgehead atoms. The van der Waals surface area contributed by atoms with Gasteiger partial charge in [0, 0.05) is 0 Å². The maximum absolute atomic E-state index is 12.1. The number of nitrogens with one attached hydrogen (secondary N) is 1. The molecule has 1 aromatic heterocycles. The third-order valence-corrected chi connectivity index (χ3v) is 2.65. The van der Waals surface area contributed by atoms with Gasteiger partial charge in [-0.05, 0) is 24.3 Å². The first kappa shape index (κ1) is 14.8. The number of amides is 3. The Morgan fingerprint density at radius 3 is 2.62 bits per heavy atom. The molecule has 6 nitrogen and oxygen atoms in total. The van der Waals surface area contributed by atoms with Crippen molar-refractivity contribution < 1.29 is 14.0 Å². The van der Waals surface area contributed by atoms with E-state index in [4.69, 9.17) is 16.0 Å². The SMILES string of the molecule is O=C(CCl)NC(=O)N(/N=C\c1ccco1)c1ccccc1. The molecule has 108 valence electrons. The van der Waals surface area contributed by atoms with Crippen LogP contribution in [0.4, 0.5) is 10.5 Å². The van der Waals surface area contributed by atoms with Crippen LogP contribution < -0.4 is 10.3 Å². The molecule has 0 aliphatic rings. The highest BCUT2D eigenvalue weighted by atomic mass is 35.5. The zero-order chi connectivity index (χ0) is 15.1. The third kappa shape index (κ3) is 4.19. The number of hydrazone groups is 1. The average Bonchev–Trinajstić information content (AvgIpc) is 3.01. The summed E-state index contributed by atoms with van der Waals surface area (Å²) in [5.41, 5.74) is 0.500. The Hall–Kier alpha value is -2.60. The van der Waals surface area contributed by atoms with Crippen LogP contribution in [0.15, 0.2) is 58.2 Å². The normalized spacial score (nSPS) is 10.5.